The topological polar surface area (TPSA) is 96.1 Å². The van der Waals surface area contributed by atoms with Gasteiger partial charge in [0.2, 0.25) is 0 Å². The number of aromatic amines is 1. The van der Waals surface area contributed by atoms with Gasteiger partial charge in [0.05, 0.1) is 17.8 Å². The summed E-state index contributed by atoms with van der Waals surface area (Å²) in [5.74, 6) is 0. The van der Waals surface area contributed by atoms with E-state index in [1.54, 1.807) is 11.6 Å². The Bertz CT molecular complexity index is 804. The lowest BCUT2D eigenvalue weighted by Crippen LogP contribution is -2.53. The molecule has 2 aromatic rings. The number of likely N-dealkylation sites (tertiary alicyclic amines) is 1. The molecule has 0 saturated carbocycles. The second kappa shape index (κ2) is 5.78. The molecule has 8 nitrogen and oxygen atoms in total. The van der Waals surface area contributed by atoms with Gasteiger partial charge in [-0.2, -0.15) is 5.10 Å². The number of rotatable bonds is 3. The van der Waals surface area contributed by atoms with Crippen molar-refractivity contribution in [3.05, 3.63) is 51.1 Å². The average molecular weight is 319 g/mol. The molecule has 0 bridgehead atoms. The van der Waals surface area contributed by atoms with E-state index in [9.17, 15) is 14.7 Å². The molecule has 1 fully saturated rings. The zero-order valence-corrected chi connectivity index (χ0v) is 13.3. The zero-order valence-electron chi connectivity index (χ0n) is 13.3. The van der Waals surface area contributed by atoms with Crippen LogP contribution in [-0.2, 0) is 13.6 Å². The second-order valence-electron chi connectivity index (χ2n) is 6.40. The molecule has 8 heteroatoms. The molecule has 0 unspecified atom stereocenters. The molecule has 3 heterocycles. The van der Waals surface area contributed by atoms with Gasteiger partial charge < -0.3 is 5.11 Å². The summed E-state index contributed by atoms with van der Waals surface area (Å²) in [5, 5.41) is 14.8. The van der Waals surface area contributed by atoms with Gasteiger partial charge >= 0.3 is 5.69 Å². The molecule has 1 aliphatic heterocycles. The maximum atomic E-state index is 12.1. The third kappa shape index (κ3) is 3.27. The lowest BCUT2D eigenvalue weighted by molar-refractivity contribution is -0.0542. The third-order valence-electron chi connectivity index (χ3n) is 4.43. The predicted molar refractivity (Wildman–Crippen MR) is 84.1 cm³/mol. The highest BCUT2D eigenvalue weighted by atomic mass is 16.3. The number of aryl methyl sites for hydroxylation is 1. The summed E-state index contributed by atoms with van der Waals surface area (Å²) < 4.78 is 3.16. The molecule has 3 rings (SSSR count). The lowest BCUT2D eigenvalue weighted by atomic mass is 9.88. The minimum atomic E-state index is -1.01. The smallest absolute Gasteiger partial charge is 0.328 e. The standard InChI is InChI=1S/C15H21N5O3/c1-15(23)4-6-19(9-11-7-16-18(2)8-11)10-12(15)20-5-3-13(21)17-14(20)22/h3,5,7-8,12,23H,4,6,9-10H2,1-2H3,(H,17,21,22)/t12-,15-/m1/s1. The van der Waals surface area contributed by atoms with Crippen LogP contribution in [-0.4, -0.2) is 48.0 Å². The molecule has 124 valence electrons. The average Bonchev–Trinajstić information content (AvgIpc) is 2.87. The number of aliphatic hydroxyl groups is 1. The maximum Gasteiger partial charge on any atom is 0.328 e. The fraction of sp³-hybridized carbons (Fsp3) is 0.533. The normalized spacial score (nSPS) is 25.6. The van der Waals surface area contributed by atoms with Gasteiger partial charge in [-0.05, 0) is 13.3 Å². The minimum absolute atomic E-state index is 0.419. The molecular weight excluding hydrogens is 298 g/mol. The molecule has 2 atom stereocenters. The fourth-order valence-electron chi connectivity index (χ4n) is 3.10. The van der Waals surface area contributed by atoms with E-state index in [0.29, 0.717) is 19.5 Å². The largest absolute Gasteiger partial charge is 0.388 e. The molecule has 1 saturated heterocycles. The van der Waals surface area contributed by atoms with Crippen LogP contribution in [0.4, 0.5) is 0 Å². The van der Waals surface area contributed by atoms with Crippen LogP contribution in [0.5, 0.6) is 0 Å². The number of aromatic nitrogens is 4. The van der Waals surface area contributed by atoms with Crippen LogP contribution in [0.1, 0.15) is 24.9 Å². The molecule has 0 aromatic carbocycles. The maximum absolute atomic E-state index is 12.1. The van der Waals surface area contributed by atoms with Crippen LogP contribution in [0.15, 0.2) is 34.2 Å². The fourth-order valence-corrected chi connectivity index (χ4v) is 3.10. The monoisotopic (exact) mass is 319 g/mol. The number of H-pyrrole nitrogens is 1. The Morgan fingerprint density at radius 2 is 2.26 bits per heavy atom. The van der Waals surface area contributed by atoms with E-state index < -0.39 is 22.9 Å². The molecule has 23 heavy (non-hydrogen) atoms. The first-order valence-electron chi connectivity index (χ1n) is 7.59. The molecular formula is C15H21N5O3. The van der Waals surface area contributed by atoms with E-state index in [2.05, 4.69) is 15.0 Å². The molecule has 2 N–H and O–H groups in total. The van der Waals surface area contributed by atoms with Gasteiger partial charge in [-0.1, -0.05) is 0 Å². The van der Waals surface area contributed by atoms with E-state index in [1.807, 2.05) is 19.4 Å². The van der Waals surface area contributed by atoms with Crippen LogP contribution < -0.4 is 11.2 Å². The number of hydrogen-bond acceptors (Lipinski definition) is 5. The summed E-state index contributed by atoms with van der Waals surface area (Å²) >= 11 is 0. The Hall–Kier alpha value is -2.19. The van der Waals surface area contributed by atoms with E-state index >= 15 is 0 Å². The van der Waals surface area contributed by atoms with Crippen molar-refractivity contribution in [3.8, 4) is 0 Å². The van der Waals surface area contributed by atoms with Crippen molar-refractivity contribution in [3.63, 3.8) is 0 Å². The summed E-state index contributed by atoms with van der Waals surface area (Å²) in [6, 6.07) is 0.884. The van der Waals surface area contributed by atoms with E-state index in [0.717, 1.165) is 12.1 Å². The van der Waals surface area contributed by atoms with Crippen LogP contribution in [0.2, 0.25) is 0 Å². The quantitative estimate of drug-likeness (QED) is 0.793. The van der Waals surface area contributed by atoms with Crippen molar-refractivity contribution in [2.75, 3.05) is 13.1 Å². The number of nitrogens with one attached hydrogen (secondary N) is 1. The van der Waals surface area contributed by atoms with Crippen LogP contribution in [0, 0.1) is 0 Å². The third-order valence-corrected chi connectivity index (χ3v) is 4.43. The highest BCUT2D eigenvalue weighted by Crippen LogP contribution is 2.31. The van der Waals surface area contributed by atoms with Crippen molar-refractivity contribution < 1.29 is 5.11 Å². The Morgan fingerprint density at radius 3 is 2.91 bits per heavy atom. The van der Waals surface area contributed by atoms with Gasteiger partial charge in [-0.15, -0.1) is 0 Å². The van der Waals surface area contributed by atoms with E-state index in [-0.39, 0.29) is 0 Å². The summed E-state index contributed by atoms with van der Waals surface area (Å²) in [7, 11) is 1.87. The van der Waals surface area contributed by atoms with Crippen LogP contribution >= 0.6 is 0 Å². The Balaban J connectivity index is 1.84. The first-order valence-corrected chi connectivity index (χ1v) is 7.59. The highest BCUT2D eigenvalue weighted by molar-refractivity contribution is 5.05. The first kappa shape index (κ1) is 15.7. The predicted octanol–water partition coefficient (Wildman–Crippen LogP) is -0.532. The van der Waals surface area contributed by atoms with Crippen molar-refractivity contribution in [1.82, 2.24) is 24.2 Å². The van der Waals surface area contributed by atoms with E-state index in [4.69, 9.17) is 0 Å². The molecule has 1 aliphatic rings. The minimum Gasteiger partial charge on any atom is -0.388 e. The molecule has 0 radical (unpaired) electrons. The first-order chi connectivity index (χ1) is 10.8. The highest BCUT2D eigenvalue weighted by Gasteiger charge is 2.39. The summed E-state index contributed by atoms with van der Waals surface area (Å²) in [4.78, 5) is 27.7. The van der Waals surface area contributed by atoms with Crippen molar-refractivity contribution in [1.29, 1.82) is 0 Å². The van der Waals surface area contributed by atoms with Gasteiger partial charge in [-0.3, -0.25) is 23.9 Å². The molecule has 0 spiro atoms. The van der Waals surface area contributed by atoms with Gasteiger partial charge in [0.1, 0.15) is 0 Å². The van der Waals surface area contributed by atoms with Crippen LogP contribution in [0.3, 0.4) is 0 Å². The SMILES string of the molecule is Cn1cc(CN2CC[C@@](C)(O)[C@H](n3ccc(=O)[nH]c3=O)C2)cn1. The summed E-state index contributed by atoms with van der Waals surface area (Å²) in [6.45, 7) is 3.69. The number of nitrogens with zero attached hydrogens (tertiary/aromatic N) is 4. The number of hydrogen-bond donors (Lipinski definition) is 2. The lowest BCUT2D eigenvalue weighted by Gasteiger charge is -2.43. The van der Waals surface area contributed by atoms with Crippen LogP contribution in [0.25, 0.3) is 0 Å². The van der Waals surface area contributed by atoms with Crippen molar-refractivity contribution in [2.45, 2.75) is 31.5 Å². The van der Waals surface area contributed by atoms with E-state index in [1.165, 1.54) is 16.8 Å². The molecule has 2 aromatic heterocycles. The van der Waals surface area contributed by atoms with Crippen molar-refractivity contribution >= 4 is 0 Å². The number of piperidine rings is 1. The molecule has 0 amide bonds. The molecule has 0 aliphatic carbocycles. The van der Waals surface area contributed by atoms with Crippen molar-refractivity contribution in [2.24, 2.45) is 7.05 Å². The van der Waals surface area contributed by atoms with Gasteiger partial charge in [0.25, 0.3) is 5.56 Å². The summed E-state index contributed by atoms with van der Waals surface area (Å²) in [6.07, 6.45) is 5.76. The second-order valence-corrected chi connectivity index (χ2v) is 6.40. The summed E-state index contributed by atoms with van der Waals surface area (Å²) in [5.41, 5.74) is -0.852. The Kier molecular flexibility index (Phi) is 3.95. The Morgan fingerprint density at radius 1 is 1.48 bits per heavy atom. The van der Waals surface area contributed by atoms with Gasteiger partial charge in [0, 0.05) is 50.7 Å². The van der Waals surface area contributed by atoms with Gasteiger partial charge in [-0.25, -0.2) is 4.79 Å². The zero-order chi connectivity index (χ0) is 16.6. The van der Waals surface area contributed by atoms with Gasteiger partial charge in [0.15, 0.2) is 0 Å². The Labute approximate surface area is 133 Å².